The zero-order valence-corrected chi connectivity index (χ0v) is 36.1. The maximum absolute atomic E-state index is 14.3. The average Bonchev–Trinajstić information content (AvgIpc) is 3.88. The van der Waals surface area contributed by atoms with Crippen molar-refractivity contribution < 1.29 is 14.0 Å². The Morgan fingerprint density at radius 2 is 1.53 bits per heavy atom. The third-order valence-corrected chi connectivity index (χ3v) is 10.4. The molecule has 314 valence electrons. The molecular formula is C45H43ClFN13O2. The Hall–Kier alpha value is -7.51. The van der Waals surface area contributed by atoms with Crippen molar-refractivity contribution in [1.82, 2.24) is 44.7 Å². The summed E-state index contributed by atoms with van der Waals surface area (Å²) in [5, 5.41) is 17.9. The Kier molecular flexibility index (Phi) is 11.8. The minimum Gasteiger partial charge on any atom is -0.350 e. The molecule has 17 heteroatoms. The third-order valence-electron chi connectivity index (χ3n) is 10.1. The maximum Gasteiger partial charge on any atom is 0.270 e. The van der Waals surface area contributed by atoms with Crippen LogP contribution in [0.3, 0.4) is 0 Å². The molecule has 0 aliphatic carbocycles. The molecule has 62 heavy (non-hydrogen) atoms. The standard InChI is InChI=1S/C45H43ClFN13O2/c1-9-33(52-25(3)47)40-28(21-51-44(58-40)53-30-14-24(2)38-26(15-30)17-36(55-38)41(61)59(6)7)22-60(8)42(62)37-18-27-16-31(20-32(46)39(27)56-37)54-43-50-13-11-34(57-43)35-19-29(10-12-49-35)45(4,5)23-48/h9-21,55-56H,22H2,1-8H3,(H,50,54,57)(H,51,53,58). The Morgan fingerprint density at radius 3 is 2.21 bits per heavy atom. The number of benzene rings is 2. The number of nitrogens with zero attached hydrogens (tertiary/aromatic N) is 9. The van der Waals surface area contributed by atoms with Crippen LogP contribution >= 0.6 is 11.6 Å². The van der Waals surface area contributed by atoms with Crippen molar-refractivity contribution in [2.24, 2.45) is 4.99 Å². The molecule has 5 aromatic heterocycles. The van der Waals surface area contributed by atoms with Crippen LogP contribution in [0.5, 0.6) is 0 Å². The van der Waals surface area contributed by atoms with E-state index in [1.165, 1.54) is 16.7 Å². The monoisotopic (exact) mass is 851 g/mol. The van der Waals surface area contributed by atoms with Crippen LogP contribution in [-0.4, -0.2) is 83.6 Å². The number of anilines is 4. The van der Waals surface area contributed by atoms with Gasteiger partial charge >= 0.3 is 0 Å². The molecule has 15 nitrogen and oxygen atoms in total. The number of carbonyl (C=O) groups excluding carboxylic acids is 2. The smallest absolute Gasteiger partial charge is 0.270 e. The van der Waals surface area contributed by atoms with Crippen molar-refractivity contribution in [2.75, 3.05) is 31.8 Å². The summed E-state index contributed by atoms with van der Waals surface area (Å²) < 4.78 is 14.3. The van der Waals surface area contributed by atoms with Crippen LogP contribution in [0.2, 0.25) is 5.02 Å². The molecule has 0 saturated heterocycles. The topological polar surface area (TPSA) is 197 Å². The predicted molar refractivity (Wildman–Crippen MR) is 241 cm³/mol. The number of allylic oxidation sites excluding steroid dienone is 1. The molecule has 0 fully saturated rings. The van der Waals surface area contributed by atoms with Crippen LogP contribution in [0.1, 0.15) is 71.1 Å². The quantitative estimate of drug-likeness (QED) is 0.0860. The van der Waals surface area contributed by atoms with Gasteiger partial charge in [0.2, 0.25) is 11.9 Å². The Morgan fingerprint density at radius 1 is 0.887 bits per heavy atom. The van der Waals surface area contributed by atoms with Gasteiger partial charge in [-0.3, -0.25) is 14.6 Å². The highest BCUT2D eigenvalue weighted by Gasteiger charge is 2.23. The van der Waals surface area contributed by atoms with Gasteiger partial charge in [0.25, 0.3) is 11.8 Å². The average molecular weight is 852 g/mol. The Labute approximate surface area is 361 Å². The lowest BCUT2D eigenvalue weighted by atomic mass is 9.86. The zero-order chi connectivity index (χ0) is 44.5. The number of aromatic nitrogens is 7. The lowest BCUT2D eigenvalue weighted by Gasteiger charge is -2.19. The molecule has 5 heterocycles. The summed E-state index contributed by atoms with van der Waals surface area (Å²) in [4.78, 5) is 62.8. The number of carbonyl (C=O) groups is 2. The Bertz CT molecular complexity index is 2990. The summed E-state index contributed by atoms with van der Waals surface area (Å²) in [5.74, 6) is -0.635. The van der Waals surface area contributed by atoms with E-state index in [1.54, 1.807) is 77.0 Å². The second kappa shape index (κ2) is 17.2. The molecule has 0 radical (unpaired) electrons. The number of aliphatic imine (C=N–C) groups is 1. The lowest BCUT2D eigenvalue weighted by Crippen LogP contribution is -2.27. The lowest BCUT2D eigenvalue weighted by molar-refractivity contribution is 0.0779. The van der Waals surface area contributed by atoms with Crippen molar-refractivity contribution in [1.29, 1.82) is 5.26 Å². The number of fused-ring (bicyclic) bond motifs is 2. The number of aryl methyl sites for hydroxylation is 1. The fourth-order valence-electron chi connectivity index (χ4n) is 6.84. The zero-order valence-electron chi connectivity index (χ0n) is 35.3. The van der Waals surface area contributed by atoms with Crippen LogP contribution in [-0.2, 0) is 12.0 Å². The minimum absolute atomic E-state index is 0.0547. The van der Waals surface area contributed by atoms with E-state index in [0.29, 0.717) is 61.6 Å². The van der Waals surface area contributed by atoms with E-state index >= 15 is 0 Å². The van der Waals surface area contributed by atoms with Gasteiger partial charge in [-0.15, -0.1) is 0 Å². The van der Waals surface area contributed by atoms with Gasteiger partial charge in [0.1, 0.15) is 11.4 Å². The Balaban J connectivity index is 1.12. The molecule has 7 aromatic rings. The van der Waals surface area contributed by atoms with Crippen molar-refractivity contribution in [3.63, 3.8) is 0 Å². The SMILES string of the molecule is CC=C(N=C(C)F)c1nc(Nc2cc(C)c3[nH]c(C(=O)N(C)C)cc3c2)ncc1CN(C)C(=O)c1cc2cc(Nc3nccc(-c4cc(C(C)(C)C#N)ccn4)n3)cc(Cl)c2[nH]1. The van der Waals surface area contributed by atoms with Crippen LogP contribution in [0.25, 0.3) is 38.9 Å². The number of aromatic amines is 2. The first-order valence-corrected chi connectivity index (χ1v) is 19.8. The van der Waals surface area contributed by atoms with Crippen molar-refractivity contribution in [3.8, 4) is 17.5 Å². The van der Waals surface area contributed by atoms with Crippen molar-refractivity contribution >= 4 is 80.2 Å². The fourth-order valence-corrected chi connectivity index (χ4v) is 7.12. The molecule has 2 aromatic carbocycles. The number of H-pyrrole nitrogens is 2. The number of hydrogen-bond acceptors (Lipinski definition) is 11. The van der Waals surface area contributed by atoms with Crippen LogP contribution in [0, 0.1) is 18.3 Å². The van der Waals surface area contributed by atoms with E-state index in [4.69, 9.17) is 16.6 Å². The van der Waals surface area contributed by atoms with Gasteiger partial charge in [-0.05, 0) is 93.4 Å². The molecular weight excluding hydrogens is 809 g/mol. The fraction of sp³-hybridized carbons (Fsp3) is 0.222. The molecule has 4 N–H and O–H groups in total. The van der Waals surface area contributed by atoms with Crippen molar-refractivity contribution in [3.05, 3.63) is 118 Å². The minimum atomic E-state index is -0.701. The summed E-state index contributed by atoms with van der Waals surface area (Å²) in [5.41, 5.74) is 6.67. The molecule has 0 spiro atoms. The van der Waals surface area contributed by atoms with E-state index in [9.17, 15) is 19.2 Å². The van der Waals surface area contributed by atoms with Gasteiger partial charge in [-0.25, -0.2) is 24.9 Å². The second-order valence-electron chi connectivity index (χ2n) is 15.4. The second-order valence-corrected chi connectivity index (χ2v) is 15.8. The van der Waals surface area contributed by atoms with Gasteiger partial charge in [-0.2, -0.15) is 9.65 Å². The molecule has 0 unspecified atom stereocenters. The van der Waals surface area contributed by atoms with E-state index < -0.39 is 11.4 Å². The van der Waals surface area contributed by atoms with E-state index in [1.807, 2.05) is 51.1 Å². The van der Waals surface area contributed by atoms with Crippen LogP contribution < -0.4 is 10.6 Å². The summed E-state index contributed by atoms with van der Waals surface area (Å²) in [7, 11) is 5.02. The van der Waals surface area contributed by atoms with E-state index in [2.05, 4.69) is 51.6 Å². The number of nitriles is 1. The number of nitrogens with one attached hydrogen (secondary N) is 4. The molecule has 7 rings (SSSR count). The molecule has 0 aliphatic rings. The molecule has 2 amide bonds. The maximum atomic E-state index is 14.3. The van der Waals surface area contributed by atoms with Gasteiger partial charge in [0.15, 0.2) is 5.97 Å². The predicted octanol–water partition coefficient (Wildman–Crippen LogP) is 9.26. The first-order valence-electron chi connectivity index (χ1n) is 19.4. The summed E-state index contributed by atoms with van der Waals surface area (Å²) >= 11 is 6.74. The van der Waals surface area contributed by atoms with E-state index in [-0.39, 0.29) is 35.7 Å². The summed E-state index contributed by atoms with van der Waals surface area (Å²) in [6.07, 6.45) is 6.48. The largest absolute Gasteiger partial charge is 0.350 e. The highest BCUT2D eigenvalue weighted by atomic mass is 35.5. The molecule has 0 atom stereocenters. The number of amides is 2. The summed E-state index contributed by atoms with van der Waals surface area (Å²) in [6, 6.07) is 18.5. The normalized spacial score (nSPS) is 12.1. The number of pyridine rings is 1. The van der Waals surface area contributed by atoms with Gasteiger partial charge in [0, 0.05) is 86.4 Å². The molecule has 0 bridgehead atoms. The first kappa shape index (κ1) is 42.6. The van der Waals surface area contributed by atoms with Gasteiger partial charge in [-0.1, -0.05) is 17.7 Å². The highest BCUT2D eigenvalue weighted by Crippen LogP contribution is 2.32. The number of halogens is 2. The molecule has 0 aliphatic heterocycles. The number of rotatable bonds is 12. The van der Waals surface area contributed by atoms with Crippen molar-refractivity contribution in [2.45, 2.75) is 46.6 Å². The third kappa shape index (κ3) is 8.98. The molecule has 0 saturated carbocycles. The van der Waals surface area contributed by atoms with E-state index in [0.717, 1.165) is 22.0 Å². The first-order chi connectivity index (χ1) is 29.5. The summed E-state index contributed by atoms with van der Waals surface area (Å²) in [6.45, 7) is 8.63. The van der Waals surface area contributed by atoms with Gasteiger partial charge < -0.3 is 30.4 Å². The van der Waals surface area contributed by atoms with Crippen LogP contribution in [0.4, 0.5) is 27.7 Å². The van der Waals surface area contributed by atoms with Crippen LogP contribution in [0.15, 0.2) is 84.3 Å². The highest BCUT2D eigenvalue weighted by molar-refractivity contribution is 6.35. The number of hydrogen-bond donors (Lipinski definition) is 4. The van der Waals surface area contributed by atoms with Gasteiger partial charge in [0.05, 0.1) is 44.8 Å².